The molecule has 0 saturated heterocycles. The molecule has 0 aliphatic rings. The van der Waals surface area contributed by atoms with Crippen LogP contribution in [0.1, 0.15) is 21.5 Å². The first-order valence-electron chi connectivity index (χ1n) is 6.76. The van der Waals surface area contributed by atoms with Gasteiger partial charge in [0, 0.05) is 6.08 Å². The monoisotopic (exact) mass is 335 g/mol. The molecule has 1 amide bonds. The minimum atomic E-state index is -4.47. The fraction of sp³-hybridized carbons (Fsp3) is 0.0588. The number of hydrogen-bond acceptors (Lipinski definition) is 2. The van der Waals surface area contributed by atoms with Crippen LogP contribution >= 0.6 is 0 Å². The lowest BCUT2D eigenvalue weighted by Gasteiger charge is -2.07. The predicted octanol–water partition coefficient (Wildman–Crippen LogP) is 4.06. The van der Waals surface area contributed by atoms with Gasteiger partial charge in [0.25, 0.3) is 0 Å². The Morgan fingerprint density at radius 3 is 2.42 bits per heavy atom. The summed E-state index contributed by atoms with van der Waals surface area (Å²) in [4.78, 5) is 22.9. The summed E-state index contributed by atoms with van der Waals surface area (Å²) in [6.45, 7) is 0. The number of alkyl halides is 3. The number of nitrogens with one attached hydrogen (secondary N) is 1. The average Bonchev–Trinajstić information content (AvgIpc) is 2.53. The zero-order valence-corrected chi connectivity index (χ0v) is 12.2. The van der Waals surface area contributed by atoms with Gasteiger partial charge in [0.15, 0.2) is 0 Å². The quantitative estimate of drug-likeness (QED) is 0.828. The van der Waals surface area contributed by atoms with E-state index in [0.717, 1.165) is 18.2 Å². The molecule has 0 fully saturated rings. The van der Waals surface area contributed by atoms with E-state index in [4.69, 9.17) is 5.11 Å². The third-order valence-corrected chi connectivity index (χ3v) is 3.06. The summed E-state index contributed by atoms with van der Waals surface area (Å²) in [7, 11) is 0. The van der Waals surface area contributed by atoms with Crippen LogP contribution in [-0.4, -0.2) is 17.0 Å². The molecule has 4 nitrogen and oxygen atoms in total. The van der Waals surface area contributed by atoms with E-state index >= 15 is 0 Å². The van der Waals surface area contributed by atoms with Crippen LogP contribution in [0.25, 0.3) is 6.08 Å². The molecule has 24 heavy (non-hydrogen) atoms. The number of hydrogen-bond donors (Lipinski definition) is 2. The molecule has 0 aromatic heterocycles. The molecule has 0 aliphatic heterocycles. The molecule has 7 heteroatoms. The van der Waals surface area contributed by atoms with E-state index in [2.05, 4.69) is 5.32 Å². The molecule has 2 aromatic carbocycles. The fourth-order valence-corrected chi connectivity index (χ4v) is 1.94. The van der Waals surface area contributed by atoms with Crippen molar-refractivity contribution in [1.82, 2.24) is 0 Å². The first kappa shape index (κ1) is 17.3. The number of anilines is 1. The van der Waals surface area contributed by atoms with Crippen LogP contribution in [0, 0.1) is 0 Å². The Bertz CT molecular complexity index is 798. The number of carboxylic acid groups (broad SMARTS) is 1. The van der Waals surface area contributed by atoms with Crippen molar-refractivity contribution in [2.75, 3.05) is 5.32 Å². The van der Waals surface area contributed by atoms with E-state index < -0.39 is 23.6 Å². The smallest absolute Gasteiger partial charge is 0.416 e. The van der Waals surface area contributed by atoms with Gasteiger partial charge in [-0.3, -0.25) is 4.79 Å². The van der Waals surface area contributed by atoms with Crippen LogP contribution in [0.3, 0.4) is 0 Å². The van der Waals surface area contributed by atoms with Crippen LogP contribution < -0.4 is 5.32 Å². The second kappa shape index (κ2) is 6.99. The van der Waals surface area contributed by atoms with Crippen molar-refractivity contribution in [2.45, 2.75) is 6.18 Å². The third kappa shape index (κ3) is 4.45. The summed E-state index contributed by atoms with van der Waals surface area (Å²) < 4.78 is 37.8. The minimum Gasteiger partial charge on any atom is -0.478 e. The van der Waals surface area contributed by atoms with Crippen molar-refractivity contribution in [3.63, 3.8) is 0 Å². The molecule has 0 saturated carbocycles. The van der Waals surface area contributed by atoms with E-state index in [1.807, 2.05) is 0 Å². The van der Waals surface area contributed by atoms with E-state index in [0.29, 0.717) is 0 Å². The molecule has 0 atom stereocenters. The number of rotatable bonds is 4. The Labute approximate surface area is 135 Å². The van der Waals surface area contributed by atoms with Crippen LogP contribution in [0.15, 0.2) is 54.6 Å². The van der Waals surface area contributed by atoms with Gasteiger partial charge in [-0.15, -0.1) is 0 Å². The van der Waals surface area contributed by atoms with Crippen LogP contribution in [0.5, 0.6) is 0 Å². The van der Waals surface area contributed by atoms with Gasteiger partial charge in [0.2, 0.25) is 5.91 Å². The number of benzene rings is 2. The molecule has 0 spiro atoms. The molecule has 2 aromatic rings. The summed E-state index contributed by atoms with van der Waals surface area (Å²) in [5, 5.41) is 11.4. The van der Waals surface area contributed by atoms with Gasteiger partial charge in [0.1, 0.15) is 0 Å². The van der Waals surface area contributed by atoms with Crippen molar-refractivity contribution in [3.05, 3.63) is 71.3 Å². The van der Waals surface area contributed by atoms with E-state index in [1.165, 1.54) is 36.4 Å². The Hall–Kier alpha value is -3.09. The molecule has 0 unspecified atom stereocenters. The molecule has 2 rings (SSSR count). The van der Waals surface area contributed by atoms with Crippen LogP contribution in [-0.2, 0) is 11.0 Å². The second-order valence-electron chi connectivity index (χ2n) is 4.80. The van der Waals surface area contributed by atoms with Crippen LogP contribution in [0.2, 0.25) is 0 Å². The highest BCUT2D eigenvalue weighted by molar-refractivity contribution is 6.06. The standard InChI is InChI=1S/C17H12F3NO3/c18-17(19,20)12-5-3-4-11(10-12)8-9-15(22)21-14-7-2-1-6-13(14)16(23)24/h1-10H,(H,21,22)(H,23,24)/b9-8+. The molecule has 0 radical (unpaired) electrons. The summed E-state index contributed by atoms with van der Waals surface area (Å²) in [5.74, 6) is -1.85. The Morgan fingerprint density at radius 1 is 1.04 bits per heavy atom. The molecule has 124 valence electrons. The van der Waals surface area contributed by atoms with Crippen molar-refractivity contribution in [2.24, 2.45) is 0 Å². The number of carboxylic acids is 1. The molecule has 0 heterocycles. The Kier molecular flexibility index (Phi) is 5.03. The van der Waals surface area contributed by atoms with Gasteiger partial charge in [0.05, 0.1) is 16.8 Å². The van der Waals surface area contributed by atoms with Gasteiger partial charge in [-0.2, -0.15) is 13.2 Å². The SMILES string of the molecule is O=C(/C=C/c1cccc(C(F)(F)F)c1)Nc1ccccc1C(=O)O. The lowest BCUT2D eigenvalue weighted by atomic mass is 10.1. The number of aromatic carboxylic acids is 1. The van der Waals surface area contributed by atoms with E-state index in [-0.39, 0.29) is 16.8 Å². The minimum absolute atomic E-state index is 0.0849. The second-order valence-corrected chi connectivity index (χ2v) is 4.80. The van der Waals surface area contributed by atoms with Gasteiger partial charge < -0.3 is 10.4 Å². The van der Waals surface area contributed by atoms with Gasteiger partial charge in [-0.05, 0) is 35.9 Å². The molecular formula is C17H12F3NO3. The highest BCUT2D eigenvalue weighted by Gasteiger charge is 2.30. The van der Waals surface area contributed by atoms with Gasteiger partial charge >= 0.3 is 12.1 Å². The molecule has 0 aliphatic carbocycles. The summed E-state index contributed by atoms with van der Waals surface area (Å²) in [6, 6.07) is 10.3. The summed E-state index contributed by atoms with van der Waals surface area (Å²) in [6.07, 6.45) is -2.21. The maximum absolute atomic E-state index is 12.6. The maximum atomic E-state index is 12.6. The lowest BCUT2D eigenvalue weighted by Crippen LogP contribution is -2.11. The molecular weight excluding hydrogens is 323 g/mol. The number of carbonyl (C=O) groups is 2. The Balaban J connectivity index is 2.13. The van der Waals surface area contributed by atoms with Crippen LogP contribution in [0.4, 0.5) is 18.9 Å². The topological polar surface area (TPSA) is 66.4 Å². The molecule has 2 N–H and O–H groups in total. The summed E-state index contributed by atoms with van der Waals surface area (Å²) in [5.41, 5.74) is -0.602. The zero-order valence-electron chi connectivity index (χ0n) is 12.2. The largest absolute Gasteiger partial charge is 0.478 e. The zero-order chi connectivity index (χ0) is 17.7. The Morgan fingerprint density at radius 2 is 1.75 bits per heavy atom. The van der Waals surface area contributed by atoms with E-state index in [9.17, 15) is 22.8 Å². The van der Waals surface area contributed by atoms with Crippen molar-refractivity contribution >= 4 is 23.6 Å². The van der Waals surface area contributed by atoms with Crippen molar-refractivity contribution in [3.8, 4) is 0 Å². The highest BCUT2D eigenvalue weighted by atomic mass is 19.4. The maximum Gasteiger partial charge on any atom is 0.416 e. The predicted molar refractivity (Wildman–Crippen MR) is 82.5 cm³/mol. The third-order valence-electron chi connectivity index (χ3n) is 3.06. The lowest BCUT2D eigenvalue weighted by molar-refractivity contribution is -0.137. The normalized spacial score (nSPS) is 11.5. The van der Waals surface area contributed by atoms with Crippen molar-refractivity contribution in [1.29, 1.82) is 0 Å². The first-order valence-corrected chi connectivity index (χ1v) is 6.76. The number of amides is 1. The summed E-state index contributed by atoms with van der Waals surface area (Å²) >= 11 is 0. The highest BCUT2D eigenvalue weighted by Crippen LogP contribution is 2.29. The van der Waals surface area contributed by atoms with Gasteiger partial charge in [-0.1, -0.05) is 24.3 Å². The van der Waals surface area contributed by atoms with Crippen molar-refractivity contribution < 1.29 is 27.9 Å². The van der Waals surface area contributed by atoms with E-state index in [1.54, 1.807) is 6.07 Å². The van der Waals surface area contributed by atoms with Gasteiger partial charge in [-0.25, -0.2) is 4.79 Å². The number of para-hydroxylation sites is 1. The number of carbonyl (C=O) groups excluding carboxylic acids is 1. The average molecular weight is 335 g/mol. The number of halogens is 3. The fourth-order valence-electron chi connectivity index (χ4n) is 1.94. The first-order chi connectivity index (χ1) is 11.3. The molecule has 0 bridgehead atoms.